The van der Waals surface area contributed by atoms with Gasteiger partial charge in [-0.15, -0.1) is 0 Å². The summed E-state index contributed by atoms with van der Waals surface area (Å²) in [6.07, 6.45) is 0.639. The van der Waals surface area contributed by atoms with Crippen LogP contribution in [0.2, 0.25) is 0 Å². The van der Waals surface area contributed by atoms with E-state index in [-0.39, 0.29) is 0 Å². The average molecular weight is 89.1 g/mol. The second kappa shape index (κ2) is 3.13. The highest BCUT2D eigenvalue weighted by Gasteiger charge is 1.90. The predicted molar refractivity (Wildman–Crippen MR) is 25.2 cm³/mol. The first kappa shape index (κ1) is 5.93. The first-order chi connectivity index (χ1) is 2.77. The minimum atomic E-state index is -0.664. The van der Waals surface area contributed by atoms with Gasteiger partial charge in [-0.1, -0.05) is 13.3 Å². The van der Waals surface area contributed by atoms with Crippen LogP contribution in [0.1, 0.15) is 19.8 Å². The summed E-state index contributed by atoms with van der Waals surface area (Å²) >= 11 is 0. The van der Waals surface area contributed by atoms with Crippen LogP contribution in [0.3, 0.4) is 0 Å². The van der Waals surface area contributed by atoms with Crippen molar-refractivity contribution < 1.29 is 4.39 Å². The minimum absolute atomic E-state index is 0.597. The third-order valence-electron chi connectivity index (χ3n) is 0.602. The monoisotopic (exact) mass is 89.1 g/mol. The van der Waals surface area contributed by atoms with Gasteiger partial charge in [-0.2, -0.15) is 0 Å². The highest BCUT2D eigenvalue weighted by Crippen LogP contribution is 1.96. The Bertz CT molecular complexity index is 25.1. The number of rotatable bonds is 2. The molecule has 0 heterocycles. The summed E-state index contributed by atoms with van der Waals surface area (Å²) in [6.45, 7) is 5.03. The molecule has 0 spiro atoms. The zero-order valence-corrected chi connectivity index (χ0v) is 4.08. The lowest BCUT2D eigenvalue weighted by Gasteiger charge is -1.91. The first-order valence-electron chi connectivity index (χ1n) is 2.20. The van der Waals surface area contributed by atoms with E-state index >= 15 is 0 Å². The van der Waals surface area contributed by atoms with Crippen LogP contribution in [0.4, 0.5) is 4.39 Å². The van der Waals surface area contributed by atoms with Crippen molar-refractivity contribution in [2.75, 3.05) is 0 Å². The maximum absolute atomic E-state index is 11.7. The molecule has 1 atom stereocenters. The predicted octanol–water partition coefficient (Wildman–Crippen LogP) is 1.96. The summed E-state index contributed by atoms with van der Waals surface area (Å²) in [6, 6.07) is 0. The van der Waals surface area contributed by atoms with Crippen molar-refractivity contribution in [3.05, 3.63) is 6.92 Å². The maximum atomic E-state index is 11.7. The maximum Gasteiger partial charge on any atom is 0.0973 e. The molecular weight excluding hydrogens is 79.1 g/mol. The molecule has 0 rings (SSSR count). The Morgan fingerprint density at radius 1 is 1.83 bits per heavy atom. The third kappa shape index (κ3) is 3.93. The molecule has 0 N–H and O–H groups in total. The molecule has 1 unspecified atom stereocenters. The van der Waals surface area contributed by atoms with Crippen molar-refractivity contribution in [2.45, 2.75) is 25.9 Å². The Hall–Kier alpha value is -0.0700. The molecule has 0 nitrogen and oxygen atoms in total. The highest BCUT2D eigenvalue weighted by molar-refractivity contribution is 4.47. The molecule has 0 amide bonds. The van der Waals surface area contributed by atoms with E-state index in [2.05, 4.69) is 6.92 Å². The van der Waals surface area contributed by atoms with E-state index in [0.29, 0.717) is 12.8 Å². The van der Waals surface area contributed by atoms with Gasteiger partial charge in [0.15, 0.2) is 0 Å². The zero-order valence-electron chi connectivity index (χ0n) is 4.08. The fourth-order valence-electron chi connectivity index (χ4n) is 0.281. The largest absolute Gasteiger partial charge is 0.248 e. The second-order valence-corrected chi connectivity index (χ2v) is 1.42. The van der Waals surface area contributed by atoms with Crippen LogP contribution in [0, 0.1) is 6.92 Å². The van der Waals surface area contributed by atoms with E-state index < -0.39 is 6.17 Å². The number of alkyl halides is 1. The van der Waals surface area contributed by atoms with Crippen LogP contribution < -0.4 is 0 Å². The lowest BCUT2D eigenvalue weighted by Crippen LogP contribution is -1.87. The van der Waals surface area contributed by atoms with E-state index in [9.17, 15) is 4.39 Å². The first-order valence-corrected chi connectivity index (χ1v) is 2.20. The summed E-state index contributed by atoms with van der Waals surface area (Å²) in [4.78, 5) is 0. The smallest absolute Gasteiger partial charge is 0.0973 e. The second-order valence-electron chi connectivity index (χ2n) is 1.42. The molecule has 0 saturated carbocycles. The van der Waals surface area contributed by atoms with Gasteiger partial charge in [-0.05, 0) is 13.3 Å². The molecule has 0 aliphatic carbocycles. The van der Waals surface area contributed by atoms with Crippen LogP contribution in [-0.2, 0) is 0 Å². The Balaban J connectivity index is 2.63. The Kier molecular flexibility index (Phi) is 3.10. The number of hydrogen-bond acceptors (Lipinski definition) is 0. The highest BCUT2D eigenvalue weighted by atomic mass is 19.1. The zero-order chi connectivity index (χ0) is 4.99. The quantitative estimate of drug-likeness (QED) is 0.485. The number of hydrogen-bond donors (Lipinski definition) is 0. The van der Waals surface area contributed by atoms with Crippen molar-refractivity contribution in [1.82, 2.24) is 0 Å². The molecule has 0 bridgehead atoms. The van der Waals surface area contributed by atoms with Gasteiger partial charge in [0.2, 0.25) is 0 Å². The molecule has 0 saturated heterocycles. The molecule has 0 aliphatic heterocycles. The fraction of sp³-hybridized carbons (Fsp3) is 0.800. The Morgan fingerprint density at radius 3 is 2.33 bits per heavy atom. The van der Waals surface area contributed by atoms with E-state index in [1.807, 2.05) is 0 Å². The van der Waals surface area contributed by atoms with Gasteiger partial charge in [0.1, 0.15) is 0 Å². The summed E-state index contributed by atoms with van der Waals surface area (Å²) < 4.78 is 11.7. The number of halogens is 1. The van der Waals surface area contributed by atoms with Crippen LogP contribution >= 0.6 is 0 Å². The van der Waals surface area contributed by atoms with Gasteiger partial charge < -0.3 is 0 Å². The molecule has 0 aliphatic rings. The standard InChI is InChI=1S/C5H10F/c1-3-4-5(2)6/h5H,1,3-4H2,2H3. The van der Waals surface area contributed by atoms with Crippen molar-refractivity contribution in [1.29, 1.82) is 0 Å². The molecule has 1 heteroatoms. The molecule has 0 aromatic carbocycles. The molecular formula is C5H10F. The third-order valence-corrected chi connectivity index (χ3v) is 0.602. The summed E-state index contributed by atoms with van der Waals surface area (Å²) in [5, 5.41) is 0. The van der Waals surface area contributed by atoms with Gasteiger partial charge in [0.05, 0.1) is 6.17 Å². The summed E-state index contributed by atoms with van der Waals surface area (Å²) in [5.41, 5.74) is 0. The van der Waals surface area contributed by atoms with Crippen molar-refractivity contribution in [2.24, 2.45) is 0 Å². The Labute approximate surface area is 38.4 Å². The SMILES string of the molecule is [CH2]CCC(C)F. The van der Waals surface area contributed by atoms with Gasteiger partial charge in [-0.25, -0.2) is 4.39 Å². The molecule has 0 aromatic rings. The van der Waals surface area contributed by atoms with Crippen LogP contribution in [0.15, 0.2) is 0 Å². The van der Waals surface area contributed by atoms with E-state index in [1.54, 1.807) is 6.92 Å². The van der Waals surface area contributed by atoms with E-state index in [1.165, 1.54) is 0 Å². The van der Waals surface area contributed by atoms with Crippen molar-refractivity contribution in [3.63, 3.8) is 0 Å². The van der Waals surface area contributed by atoms with Gasteiger partial charge in [-0.3, -0.25) is 0 Å². The molecule has 0 aromatic heterocycles. The van der Waals surface area contributed by atoms with Crippen LogP contribution in [0.25, 0.3) is 0 Å². The lowest BCUT2D eigenvalue weighted by atomic mass is 10.2. The molecule has 37 valence electrons. The minimum Gasteiger partial charge on any atom is -0.248 e. The average Bonchev–Trinajstić information content (AvgIpc) is 1.35. The van der Waals surface area contributed by atoms with Gasteiger partial charge in [0, 0.05) is 0 Å². The van der Waals surface area contributed by atoms with Crippen LogP contribution in [0.5, 0.6) is 0 Å². The molecule has 0 fully saturated rings. The molecule has 1 radical (unpaired) electrons. The van der Waals surface area contributed by atoms with E-state index in [4.69, 9.17) is 0 Å². The van der Waals surface area contributed by atoms with Crippen molar-refractivity contribution >= 4 is 0 Å². The van der Waals surface area contributed by atoms with Gasteiger partial charge in [0.25, 0.3) is 0 Å². The lowest BCUT2D eigenvalue weighted by molar-refractivity contribution is 0.343. The topological polar surface area (TPSA) is 0 Å². The van der Waals surface area contributed by atoms with Crippen molar-refractivity contribution in [3.8, 4) is 0 Å². The summed E-state index contributed by atoms with van der Waals surface area (Å²) in [5.74, 6) is 0. The fourth-order valence-corrected chi connectivity index (χ4v) is 0.281. The van der Waals surface area contributed by atoms with E-state index in [0.717, 1.165) is 0 Å². The normalized spacial score (nSPS) is 14.5. The summed E-state index contributed by atoms with van der Waals surface area (Å²) in [7, 11) is 0. The molecule has 6 heavy (non-hydrogen) atoms. The van der Waals surface area contributed by atoms with Crippen LogP contribution in [-0.4, -0.2) is 6.17 Å². The van der Waals surface area contributed by atoms with Gasteiger partial charge >= 0.3 is 0 Å². The Morgan fingerprint density at radius 2 is 2.33 bits per heavy atom.